The Morgan fingerprint density at radius 2 is 1.91 bits per heavy atom. The summed E-state index contributed by atoms with van der Waals surface area (Å²) in [5.74, 6) is 0.455. The summed E-state index contributed by atoms with van der Waals surface area (Å²) in [6, 6.07) is 5.28. The molecule has 0 spiro atoms. The summed E-state index contributed by atoms with van der Waals surface area (Å²) in [5.41, 5.74) is 0.604. The van der Waals surface area contributed by atoms with Crippen molar-refractivity contribution in [3.63, 3.8) is 0 Å². The van der Waals surface area contributed by atoms with Crippen LogP contribution in [-0.2, 0) is 16.0 Å². The van der Waals surface area contributed by atoms with Crippen molar-refractivity contribution in [3.8, 4) is 5.75 Å². The number of nitrogens with zero attached hydrogens (tertiary/aromatic N) is 1. The first-order valence-electron chi connectivity index (χ1n) is 7.57. The maximum absolute atomic E-state index is 12.1. The van der Waals surface area contributed by atoms with Crippen molar-refractivity contribution in [3.05, 3.63) is 23.8 Å². The minimum atomic E-state index is -0.589. The van der Waals surface area contributed by atoms with Crippen LogP contribution in [0.4, 0.5) is 10.5 Å². The Morgan fingerprint density at radius 3 is 2.43 bits per heavy atom. The Bertz CT molecular complexity index is 564. The molecule has 6 heteroatoms. The third-order valence-corrected chi connectivity index (χ3v) is 3.18. The molecule has 1 aromatic rings. The molecule has 0 aliphatic rings. The molecule has 23 heavy (non-hydrogen) atoms. The van der Waals surface area contributed by atoms with E-state index < -0.39 is 11.7 Å². The summed E-state index contributed by atoms with van der Waals surface area (Å²) in [6.07, 6.45) is -0.359. The number of hydrogen-bond donors (Lipinski definition) is 1. The smallest absolute Gasteiger partial charge is 0.412 e. The molecule has 1 rings (SSSR count). The highest BCUT2D eigenvalue weighted by atomic mass is 16.6. The van der Waals surface area contributed by atoms with Gasteiger partial charge >= 0.3 is 6.09 Å². The van der Waals surface area contributed by atoms with Crippen LogP contribution in [-0.4, -0.2) is 43.2 Å². The fourth-order valence-corrected chi connectivity index (χ4v) is 1.95. The Labute approximate surface area is 137 Å². The maximum atomic E-state index is 12.1. The van der Waals surface area contributed by atoms with E-state index in [0.717, 1.165) is 0 Å². The largest absolute Gasteiger partial charge is 0.494 e. The predicted octanol–water partition coefficient (Wildman–Crippen LogP) is 3.06. The Hall–Kier alpha value is -2.24. The monoisotopic (exact) mass is 322 g/mol. The molecule has 0 aromatic heterocycles. The molecule has 0 bridgehead atoms. The van der Waals surface area contributed by atoms with Gasteiger partial charge in [0.05, 0.1) is 19.2 Å². The number of carbonyl (C=O) groups is 2. The Balaban J connectivity index is 2.96. The lowest BCUT2D eigenvalue weighted by molar-refractivity contribution is -0.129. The van der Waals surface area contributed by atoms with Crippen LogP contribution in [0.1, 0.15) is 33.3 Å². The molecule has 0 fully saturated rings. The SMILES string of the molecule is CCN(C)C(=O)Cc1cccc(NC(=O)OC(C)(C)C)c1OC. The topological polar surface area (TPSA) is 67.9 Å². The van der Waals surface area contributed by atoms with Crippen LogP contribution in [0.3, 0.4) is 0 Å². The van der Waals surface area contributed by atoms with Crippen molar-refractivity contribution in [1.29, 1.82) is 0 Å². The second-order valence-electron chi connectivity index (χ2n) is 6.21. The number of likely N-dealkylation sites (N-methyl/N-ethyl adjacent to an activating group) is 1. The zero-order valence-corrected chi connectivity index (χ0v) is 14.7. The van der Waals surface area contributed by atoms with Crippen molar-refractivity contribution >= 4 is 17.7 Å². The first-order chi connectivity index (χ1) is 10.7. The van der Waals surface area contributed by atoms with E-state index in [9.17, 15) is 9.59 Å². The van der Waals surface area contributed by atoms with Crippen LogP contribution in [0.5, 0.6) is 5.75 Å². The fraction of sp³-hybridized carbons (Fsp3) is 0.529. The van der Waals surface area contributed by atoms with Gasteiger partial charge in [0.15, 0.2) is 0 Å². The van der Waals surface area contributed by atoms with Gasteiger partial charge in [-0.15, -0.1) is 0 Å². The first-order valence-corrected chi connectivity index (χ1v) is 7.57. The Kier molecular flexibility index (Phi) is 6.42. The minimum Gasteiger partial charge on any atom is -0.494 e. The normalized spacial score (nSPS) is 10.9. The number of hydrogen-bond acceptors (Lipinski definition) is 4. The zero-order valence-electron chi connectivity index (χ0n) is 14.7. The van der Waals surface area contributed by atoms with Gasteiger partial charge in [-0.1, -0.05) is 12.1 Å². The quantitative estimate of drug-likeness (QED) is 0.904. The number of anilines is 1. The van der Waals surface area contributed by atoms with Gasteiger partial charge in [0, 0.05) is 19.2 Å². The number of ether oxygens (including phenoxy) is 2. The number of para-hydroxylation sites is 1. The van der Waals surface area contributed by atoms with Gasteiger partial charge in [-0.3, -0.25) is 10.1 Å². The summed E-state index contributed by atoms with van der Waals surface area (Å²) < 4.78 is 10.6. The summed E-state index contributed by atoms with van der Waals surface area (Å²) in [6.45, 7) is 7.92. The Morgan fingerprint density at radius 1 is 1.26 bits per heavy atom. The lowest BCUT2D eigenvalue weighted by Gasteiger charge is -2.21. The van der Waals surface area contributed by atoms with E-state index in [1.807, 2.05) is 6.92 Å². The average Bonchev–Trinajstić information content (AvgIpc) is 2.44. The maximum Gasteiger partial charge on any atom is 0.412 e. The third-order valence-electron chi connectivity index (χ3n) is 3.18. The molecule has 0 atom stereocenters. The number of carbonyl (C=O) groups excluding carboxylic acids is 2. The van der Waals surface area contributed by atoms with Gasteiger partial charge in [-0.2, -0.15) is 0 Å². The van der Waals surface area contributed by atoms with Crippen molar-refractivity contribution in [2.45, 2.75) is 39.7 Å². The van der Waals surface area contributed by atoms with Crippen LogP contribution in [0, 0.1) is 0 Å². The summed E-state index contributed by atoms with van der Waals surface area (Å²) >= 11 is 0. The fourth-order valence-electron chi connectivity index (χ4n) is 1.95. The standard InChI is InChI=1S/C17H26N2O4/c1-7-19(5)14(20)11-12-9-8-10-13(15(12)22-6)18-16(21)23-17(2,3)4/h8-10H,7,11H2,1-6H3,(H,18,21). The highest BCUT2D eigenvalue weighted by molar-refractivity contribution is 5.88. The van der Waals surface area contributed by atoms with Gasteiger partial charge in [0.25, 0.3) is 0 Å². The van der Waals surface area contributed by atoms with Crippen molar-refractivity contribution < 1.29 is 19.1 Å². The molecule has 128 valence electrons. The first kappa shape index (κ1) is 18.8. The van der Waals surface area contributed by atoms with E-state index in [1.54, 1.807) is 50.9 Å². The van der Waals surface area contributed by atoms with Crippen molar-refractivity contribution in [1.82, 2.24) is 4.90 Å². The number of nitrogens with one attached hydrogen (secondary N) is 1. The molecule has 0 radical (unpaired) electrons. The van der Waals surface area contributed by atoms with Gasteiger partial charge in [0.1, 0.15) is 11.4 Å². The molecule has 6 nitrogen and oxygen atoms in total. The summed E-state index contributed by atoms with van der Waals surface area (Å²) in [5, 5.41) is 2.66. The molecule has 0 saturated heterocycles. The minimum absolute atomic E-state index is 0.0137. The summed E-state index contributed by atoms with van der Waals surface area (Å²) in [7, 11) is 3.25. The van der Waals surface area contributed by atoms with Crippen LogP contribution in [0.15, 0.2) is 18.2 Å². The van der Waals surface area contributed by atoms with Crippen LogP contribution >= 0.6 is 0 Å². The second-order valence-corrected chi connectivity index (χ2v) is 6.21. The molecule has 0 aliphatic carbocycles. The molecule has 0 aliphatic heterocycles. The summed E-state index contributed by atoms with van der Waals surface area (Å²) in [4.78, 5) is 25.6. The van der Waals surface area contributed by atoms with Crippen molar-refractivity contribution in [2.24, 2.45) is 0 Å². The van der Waals surface area contributed by atoms with E-state index in [-0.39, 0.29) is 12.3 Å². The molecule has 1 N–H and O–H groups in total. The molecule has 0 heterocycles. The van der Waals surface area contributed by atoms with Crippen LogP contribution in [0.2, 0.25) is 0 Å². The van der Waals surface area contributed by atoms with Gasteiger partial charge in [-0.25, -0.2) is 4.79 Å². The van der Waals surface area contributed by atoms with Gasteiger partial charge in [-0.05, 0) is 33.8 Å². The molecule has 1 aromatic carbocycles. The lowest BCUT2D eigenvalue weighted by Crippen LogP contribution is -2.28. The van der Waals surface area contributed by atoms with E-state index in [0.29, 0.717) is 23.5 Å². The third kappa shape index (κ3) is 5.81. The zero-order chi connectivity index (χ0) is 17.6. The van der Waals surface area contributed by atoms with Gasteiger partial charge < -0.3 is 14.4 Å². The van der Waals surface area contributed by atoms with E-state index >= 15 is 0 Å². The second kappa shape index (κ2) is 7.85. The van der Waals surface area contributed by atoms with Crippen molar-refractivity contribution in [2.75, 3.05) is 26.0 Å². The van der Waals surface area contributed by atoms with E-state index in [4.69, 9.17) is 9.47 Å². The highest BCUT2D eigenvalue weighted by Gasteiger charge is 2.19. The average molecular weight is 322 g/mol. The van der Waals surface area contributed by atoms with Gasteiger partial charge in [0.2, 0.25) is 5.91 Å². The number of methoxy groups -OCH3 is 1. The molecule has 0 saturated carbocycles. The molecular formula is C17H26N2O4. The molecule has 0 unspecified atom stereocenters. The van der Waals surface area contributed by atoms with E-state index in [1.165, 1.54) is 7.11 Å². The molecular weight excluding hydrogens is 296 g/mol. The van der Waals surface area contributed by atoms with Crippen LogP contribution < -0.4 is 10.1 Å². The number of amides is 2. The van der Waals surface area contributed by atoms with E-state index in [2.05, 4.69) is 5.32 Å². The lowest BCUT2D eigenvalue weighted by atomic mass is 10.1. The predicted molar refractivity (Wildman–Crippen MR) is 89.9 cm³/mol. The number of rotatable bonds is 5. The molecule has 2 amide bonds. The highest BCUT2D eigenvalue weighted by Crippen LogP contribution is 2.30. The number of benzene rings is 1. The van der Waals surface area contributed by atoms with Crippen LogP contribution in [0.25, 0.3) is 0 Å².